The van der Waals surface area contributed by atoms with Crippen LogP contribution in [-0.2, 0) is 11.3 Å². The SMILES string of the molecule is Cc1nccn1CCC(C)N1CCC2(CC1)Nc1ccccc1NC2=O. The molecule has 1 spiro atoms. The number of benzene rings is 1. The molecule has 0 saturated carbocycles. The highest BCUT2D eigenvalue weighted by atomic mass is 16.2. The monoisotopic (exact) mass is 353 g/mol. The summed E-state index contributed by atoms with van der Waals surface area (Å²) in [6.45, 7) is 7.19. The molecule has 1 atom stereocenters. The Morgan fingerprint density at radius 3 is 2.65 bits per heavy atom. The average Bonchev–Trinajstić information content (AvgIpc) is 3.06. The topological polar surface area (TPSA) is 62.2 Å². The van der Waals surface area contributed by atoms with Crippen LogP contribution in [0.5, 0.6) is 0 Å². The molecule has 4 rings (SSSR count). The third-order valence-corrected chi connectivity index (χ3v) is 5.97. The van der Waals surface area contributed by atoms with Gasteiger partial charge in [-0.05, 0) is 45.2 Å². The number of hydrogen-bond acceptors (Lipinski definition) is 4. The first-order valence-electron chi connectivity index (χ1n) is 9.48. The maximum absolute atomic E-state index is 12.7. The summed E-state index contributed by atoms with van der Waals surface area (Å²) in [6, 6.07) is 8.44. The van der Waals surface area contributed by atoms with Crippen LogP contribution in [0.3, 0.4) is 0 Å². The van der Waals surface area contributed by atoms with Gasteiger partial charge in [-0.1, -0.05) is 12.1 Å². The molecule has 0 radical (unpaired) electrons. The Morgan fingerprint density at radius 2 is 1.96 bits per heavy atom. The molecule has 138 valence electrons. The van der Waals surface area contributed by atoms with Crippen LogP contribution in [0.15, 0.2) is 36.7 Å². The summed E-state index contributed by atoms with van der Waals surface area (Å²) in [5, 5.41) is 6.62. The number of rotatable bonds is 4. The van der Waals surface area contributed by atoms with Crippen molar-refractivity contribution in [2.24, 2.45) is 0 Å². The zero-order chi connectivity index (χ0) is 18.1. The predicted molar refractivity (Wildman–Crippen MR) is 103 cm³/mol. The number of carbonyl (C=O) groups is 1. The van der Waals surface area contributed by atoms with Crippen molar-refractivity contribution < 1.29 is 4.79 Å². The molecule has 1 aromatic heterocycles. The number of anilines is 2. The lowest BCUT2D eigenvalue weighted by atomic mass is 9.84. The first-order chi connectivity index (χ1) is 12.6. The molecule has 26 heavy (non-hydrogen) atoms. The first-order valence-corrected chi connectivity index (χ1v) is 9.48. The van der Waals surface area contributed by atoms with Gasteiger partial charge < -0.3 is 20.1 Å². The van der Waals surface area contributed by atoms with Gasteiger partial charge in [0.1, 0.15) is 11.4 Å². The number of aryl methyl sites for hydroxylation is 2. The number of aromatic nitrogens is 2. The maximum atomic E-state index is 12.7. The minimum absolute atomic E-state index is 0.109. The van der Waals surface area contributed by atoms with Crippen LogP contribution in [0.2, 0.25) is 0 Å². The first kappa shape index (κ1) is 17.1. The highest BCUT2D eigenvalue weighted by Gasteiger charge is 2.44. The van der Waals surface area contributed by atoms with E-state index in [1.54, 1.807) is 0 Å². The van der Waals surface area contributed by atoms with Crippen LogP contribution in [-0.4, -0.2) is 45.0 Å². The Labute approximate surface area is 154 Å². The lowest BCUT2D eigenvalue weighted by molar-refractivity contribution is -0.122. The summed E-state index contributed by atoms with van der Waals surface area (Å²) in [4.78, 5) is 19.5. The number of carbonyl (C=O) groups excluding carboxylic acids is 1. The molecule has 0 bridgehead atoms. The van der Waals surface area contributed by atoms with E-state index in [2.05, 4.69) is 32.0 Å². The van der Waals surface area contributed by atoms with Crippen LogP contribution >= 0.6 is 0 Å². The Morgan fingerprint density at radius 1 is 1.23 bits per heavy atom. The molecule has 0 aliphatic carbocycles. The summed E-state index contributed by atoms with van der Waals surface area (Å²) in [7, 11) is 0. The Hall–Kier alpha value is -2.34. The van der Waals surface area contributed by atoms with Gasteiger partial charge in [-0.3, -0.25) is 4.79 Å². The molecule has 1 amide bonds. The minimum atomic E-state index is -0.467. The maximum Gasteiger partial charge on any atom is 0.250 e. The second-order valence-corrected chi connectivity index (χ2v) is 7.55. The predicted octanol–water partition coefficient (Wildman–Crippen LogP) is 2.87. The number of para-hydroxylation sites is 2. The molecule has 1 aromatic carbocycles. The van der Waals surface area contributed by atoms with Crippen molar-refractivity contribution >= 4 is 17.3 Å². The molecule has 1 unspecified atom stereocenters. The minimum Gasteiger partial charge on any atom is -0.369 e. The van der Waals surface area contributed by atoms with Gasteiger partial charge in [0.25, 0.3) is 0 Å². The van der Waals surface area contributed by atoms with Crippen LogP contribution < -0.4 is 10.6 Å². The van der Waals surface area contributed by atoms with Crippen molar-refractivity contribution in [2.45, 2.75) is 51.2 Å². The van der Waals surface area contributed by atoms with E-state index < -0.39 is 5.54 Å². The third kappa shape index (κ3) is 3.09. The summed E-state index contributed by atoms with van der Waals surface area (Å²) < 4.78 is 2.20. The Bertz CT molecular complexity index is 791. The molecule has 2 N–H and O–H groups in total. The van der Waals surface area contributed by atoms with E-state index >= 15 is 0 Å². The molecule has 2 aromatic rings. The van der Waals surface area contributed by atoms with Gasteiger partial charge in [0.2, 0.25) is 5.91 Å². The lowest BCUT2D eigenvalue weighted by Crippen LogP contribution is -2.59. The molecule has 6 heteroatoms. The summed E-state index contributed by atoms with van der Waals surface area (Å²) in [5.74, 6) is 1.18. The molecule has 1 saturated heterocycles. The number of amides is 1. The molecular formula is C20H27N5O. The standard InChI is InChI=1S/C20H27N5O/c1-15(7-11-25-14-10-21-16(25)2)24-12-8-20(9-13-24)19(26)22-17-5-3-4-6-18(17)23-20/h3-6,10,14-15,23H,7-9,11-13H2,1-2H3,(H,22,26). The normalized spacial score (nSPS) is 20.3. The molecule has 6 nitrogen and oxygen atoms in total. The second-order valence-electron chi connectivity index (χ2n) is 7.55. The highest BCUT2D eigenvalue weighted by molar-refractivity contribution is 6.06. The van der Waals surface area contributed by atoms with Crippen molar-refractivity contribution in [3.05, 3.63) is 42.5 Å². The quantitative estimate of drug-likeness (QED) is 0.887. The van der Waals surface area contributed by atoms with Crippen molar-refractivity contribution in [2.75, 3.05) is 23.7 Å². The van der Waals surface area contributed by atoms with Gasteiger partial charge in [-0.2, -0.15) is 0 Å². The molecule has 2 aliphatic rings. The fraction of sp³-hybridized carbons (Fsp3) is 0.500. The fourth-order valence-electron chi connectivity index (χ4n) is 4.10. The second kappa shape index (κ2) is 6.76. The van der Waals surface area contributed by atoms with Crippen LogP contribution in [0.4, 0.5) is 11.4 Å². The van der Waals surface area contributed by atoms with Crippen LogP contribution in [0.25, 0.3) is 0 Å². The van der Waals surface area contributed by atoms with E-state index in [-0.39, 0.29) is 5.91 Å². The molecule has 1 fully saturated rings. The third-order valence-electron chi connectivity index (χ3n) is 5.97. The number of piperidine rings is 1. The largest absolute Gasteiger partial charge is 0.369 e. The van der Waals surface area contributed by atoms with Crippen molar-refractivity contribution in [1.29, 1.82) is 0 Å². The Kier molecular flexibility index (Phi) is 4.44. The zero-order valence-corrected chi connectivity index (χ0v) is 15.5. The van der Waals surface area contributed by atoms with Gasteiger partial charge in [0.15, 0.2) is 0 Å². The summed E-state index contributed by atoms with van der Waals surface area (Å²) in [6.07, 6.45) is 6.66. The van der Waals surface area contributed by atoms with E-state index in [0.717, 1.165) is 56.1 Å². The van der Waals surface area contributed by atoms with E-state index in [4.69, 9.17) is 0 Å². The van der Waals surface area contributed by atoms with Gasteiger partial charge in [0.05, 0.1) is 11.4 Å². The van der Waals surface area contributed by atoms with Gasteiger partial charge in [0, 0.05) is 38.1 Å². The van der Waals surface area contributed by atoms with Crippen molar-refractivity contribution in [1.82, 2.24) is 14.5 Å². The lowest BCUT2D eigenvalue weighted by Gasteiger charge is -2.45. The zero-order valence-electron chi connectivity index (χ0n) is 15.5. The fourth-order valence-corrected chi connectivity index (χ4v) is 4.10. The number of imidazole rings is 1. The van der Waals surface area contributed by atoms with Crippen LogP contribution in [0.1, 0.15) is 32.0 Å². The van der Waals surface area contributed by atoms with Gasteiger partial charge >= 0.3 is 0 Å². The summed E-state index contributed by atoms with van der Waals surface area (Å²) >= 11 is 0. The average molecular weight is 353 g/mol. The van der Waals surface area contributed by atoms with Crippen LogP contribution in [0, 0.1) is 6.92 Å². The Balaban J connectivity index is 1.36. The van der Waals surface area contributed by atoms with E-state index in [9.17, 15) is 4.79 Å². The van der Waals surface area contributed by atoms with Gasteiger partial charge in [-0.25, -0.2) is 4.98 Å². The van der Waals surface area contributed by atoms with E-state index in [0.29, 0.717) is 6.04 Å². The number of nitrogens with one attached hydrogen (secondary N) is 2. The number of hydrogen-bond donors (Lipinski definition) is 2. The molecule has 3 heterocycles. The summed E-state index contributed by atoms with van der Waals surface area (Å²) in [5.41, 5.74) is 1.45. The van der Waals surface area contributed by atoms with Crippen molar-refractivity contribution in [3.63, 3.8) is 0 Å². The van der Waals surface area contributed by atoms with E-state index in [1.165, 1.54) is 0 Å². The molecule has 2 aliphatic heterocycles. The number of nitrogens with zero attached hydrogens (tertiary/aromatic N) is 3. The van der Waals surface area contributed by atoms with Crippen molar-refractivity contribution in [3.8, 4) is 0 Å². The molecular weight excluding hydrogens is 326 g/mol. The van der Waals surface area contributed by atoms with E-state index in [1.807, 2.05) is 43.6 Å². The van der Waals surface area contributed by atoms with Gasteiger partial charge in [-0.15, -0.1) is 0 Å². The highest BCUT2D eigenvalue weighted by Crippen LogP contribution is 2.36. The number of fused-ring (bicyclic) bond motifs is 1. The smallest absolute Gasteiger partial charge is 0.250 e. The number of likely N-dealkylation sites (tertiary alicyclic amines) is 1.